The van der Waals surface area contributed by atoms with Gasteiger partial charge >= 0.3 is 5.97 Å². The Balaban J connectivity index is 1.81. The van der Waals surface area contributed by atoms with Gasteiger partial charge in [0.25, 0.3) is 20.0 Å². The quantitative estimate of drug-likeness (QED) is 0.549. The lowest BCUT2D eigenvalue weighted by Crippen LogP contribution is -2.30. The van der Waals surface area contributed by atoms with Gasteiger partial charge < -0.3 is 9.84 Å². The van der Waals surface area contributed by atoms with Crippen LogP contribution < -0.4 is 14.2 Å². The van der Waals surface area contributed by atoms with E-state index in [9.17, 15) is 21.6 Å². The number of hydrogen-bond acceptors (Lipinski definition) is 7. The highest BCUT2D eigenvalue weighted by Crippen LogP contribution is 2.27. The molecule has 0 atom stereocenters. The van der Waals surface area contributed by atoms with Crippen molar-refractivity contribution in [2.75, 3.05) is 18.4 Å². The summed E-state index contributed by atoms with van der Waals surface area (Å²) in [6.07, 6.45) is 3.31. The van der Waals surface area contributed by atoms with Crippen LogP contribution in [0.2, 0.25) is 0 Å². The van der Waals surface area contributed by atoms with Gasteiger partial charge in [-0.3, -0.25) is 14.4 Å². The highest BCUT2D eigenvalue weighted by Gasteiger charge is 2.23. The second-order valence-corrected chi connectivity index (χ2v) is 10.4. The molecule has 0 aromatic heterocycles. The molecule has 0 saturated heterocycles. The van der Waals surface area contributed by atoms with Gasteiger partial charge in [0, 0.05) is 18.7 Å². The van der Waals surface area contributed by atoms with Gasteiger partial charge in [-0.2, -0.15) is 0 Å². The first-order valence-electron chi connectivity index (χ1n) is 9.73. The molecule has 1 aliphatic heterocycles. The lowest BCUT2D eigenvalue weighted by Gasteiger charge is -2.13. The van der Waals surface area contributed by atoms with E-state index >= 15 is 0 Å². The van der Waals surface area contributed by atoms with Gasteiger partial charge in [0.05, 0.1) is 17.6 Å². The molecule has 2 aromatic carbocycles. The van der Waals surface area contributed by atoms with Crippen LogP contribution in [0, 0.1) is 0 Å². The topological polar surface area (TPSA) is 151 Å². The number of aliphatic imine (C=N–C) groups is 1. The van der Waals surface area contributed by atoms with E-state index in [1.54, 1.807) is 0 Å². The number of ether oxygens (including phenoxy) is 1. The Hall–Kier alpha value is -3.12. The molecule has 12 heteroatoms. The normalized spacial score (nSPS) is 14.7. The number of benzene rings is 2. The fourth-order valence-corrected chi connectivity index (χ4v) is 5.45. The van der Waals surface area contributed by atoms with Crippen LogP contribution in [0.5, 0.6) is 5.75 Å². The van der Waals surface area contributed by atoms with Crippen LogP contribution in [0.25, 0.3) is 0 Å². The van der Waals surface area contributed by atoms with Crippen LogP contribution >= 0.6 is 0 Å². The third kappa shape index (κ3) is 5.56. The van der Waals surface area contributed by atoms with E-state index in [1.165, 1.54) is 43.5 Å². The predicted octanol–water partition coefficient (Wildman–Crippen LogP) is 2.45. The Bertz CT molecular complexity index is 1240. The first-order chi connectivity index (χ1) is 15.1. The van der Waals surface area contributed by atoms with Crippen molar-refractivity contribution >= 4 is 37.5 Å². The number of carboxylic acid groups (broad SMARTS) is 1. The molecule has 0 spiro atoms. The van der Waals surface area contributed by atoms with Crippen LogP contribution in [0.15, 0.2) is 57.2 Å². The highest BCUT2D eigenvalue weighted by molar-refractivity contribution is 7.92. The zero-order chi connectivity index (χ0) is 23.4. The van der Waals surface area contributed by atoms with Gasteiger partial charge in [0.1, 0.15) is 16.5 Å². The minimum absolute atomic E-state index is 0.0323. The Morgan fingerprint density at radius 3 is 2.34 bits per heavy atom. The minimum atomic E-state index is -4.21. The van der Waals surface area contributed by atoms with Gasteiger partial charge in [0.2, 0.25) is 0 Å². The number of nitrogens with one attached hydrogen (secondary N) is 2. The Labute approximate surface area is 186 Å². The Morgan fingerprint density at radius 2 is 1.69 bits per heavy atom. The zero-order valence-electron chi connectivity index (χ0n) is 17.2. The summed E-state index contributed by atoms with van der Waals surface area (Å²) in [6.45, 7) is 0.575. The summed E-state index contributed by atoms with van der Waals surface area (Å²) in [5.74, 6) is -0.905. The maximum Gasteiger partial charge on any atom is 0.335 e. The van der Waals surface area contributed by atoms with E-state index in [-0.39, 0.29) is 26.8 Å². The monoisotopic (exact) mass is 481 g/mol. The van der Waals surface area contributed by atoms with E-state index in [0.29, 0.717) is 18.8 Å². The molecule has 0 unspecified atom stereocenters. The van der Waals surface area contributed by atoms with Crippen molar-refractivity contribution in [1.29, 1.82) is 0 Å². The average molecular weight is 482 g/mol. The summed E-state index contributed by atoms with van der Waals surface area (Å²) in [4.78, 5) is 15.1. The molecule has 172 valence electrons. The van der Waals surface area contributed by atoms with E-state index in [2.05, 4.69) is 14.4 Å². The summed E-state index contributed by atoms with van der Waals surface area (Å²) in [5.41, 5.74) is -0.126. The van der Waals surface area contributed by atoms with Crippen molar-refractivity contribution in [3.63, 3.8) is 0 Å². The second kappa shape index (κ2) is 9.57. The highest BCUT2D eigenvalue weighted by atomic mass is 32.2. The van der Waals surface area contributed by atoms with Crippen molar-refractivity contribution in [1.82, 2.24) is 4.72 Å². The zero-order valence-corrected chi connectivity index (χ0v) is 18.9. The van der Waals surface area contributed by atoms with E-state index in [4.69, 9.17) is 9.84 Å². The number of methoxy groups -OCH3 is 1. The number of sulfonamides is 2. The molecule has 3 N–H and O–H groups in total. The van der Waals surface area contributed by atoms with Crippen LogP contribution in [-0.4, -0.2) is 47.4 Å². The lowest BCUT2D eigenvalue weighted by molar-refractivity contribution is 0.0696. The summed E-state index contributed by atoms with van der Waals surface area (Å²) in [5, 5.41) is 9.14. The number of carbonyl (C=O) groups is 1. The van der Waals surface area contributed by atoms with Crippen molar-refractivity contribution in [3.05, 3.63) is 48.0 Å². The second-order valence-electron chi connectivity index (χ2n) is 7.05. The molecule has 2 aromatic rings. The molecule has 0 fully saturated rings. The van der Waals surface area contributed by atoms with Crippen molar-refractivity contribution in [2.24, 2.45) is 4.99 Å². The molecule has 0 bridgehead atoms. The molecule has 1 heterocycles. The maximum absolute atomic E-state index is 12.8. The van der Waals surface area contributed by atoms with Gasteiger partial charge in [-0.25, -0.2) is 21.6 Å². The average Bonchev–Trinajstić information content (AvgIpc) is 3.01. The smallest absolute Gasteiger partial charge is 0.335 e. The molecule has 0 radical (unpaired) electrons. The van der Waals surface area contributed by atoms with E-state index in [0.717, 1.165) is 25.3 Å². The Morgan fingerprint density at radius 1 is 0.969 bits per heavy atom. The van der Waals surface area contributed by atoms with E-state index in [1.807, 2.05) is 0 Å². The van der Waals surface area contributed by atoms with Gasteiger partial charge in [-0.05, 0) is 55.3 Å². The van der Waals surface area contributed by atoms with Gasteiger partial charge in [0.15, 0.2) is 0 Å². The number of nitrogens with zero attached hydrogens (tertiary/aromatic N) is 1. The van der Waals surface area contributed by atoms with Crippen molar-refractivity contribution in [2.45, 2.75) is 35.5 Å². The third-order valence-electron chi connectivity index (χ3n) is 4.74. The maximum atomic E-state index is 12.8. The molecule has 0 amide bonds. The summed E-state index contributed by atoms with van der Waals surface area (Å²) in [7, 11) is -6.80. The van der Waals surface area contributed by atoms with Gasteiger partial charge in [-0.15, -0.1) is 0 Å². The standard InChI is InChI=1S/C20H23N3O7S2/c1-30-17-11-6-14(20(24)25)13-18(17)32(28,29)22-15-7-9-16(10-8-15)31(26,27)23-19-5-3-2-4-12-21-19/h6-11,13,22H,2-5,12H2,1H3,(H,21,23)(H,24,25). The Kier molecular flexibility index (Phi) is 7.04. The molecule has 32 heavy (non-hydrogen) atoms. The summed E-state index contributed by atoms with van der Waals surface area (Å²) < 4.78 is 60.7. The SMILES string of the molecule is COc1ccc(C(=O)O)cc1S(=O)(=O)Nc1ccc(S(=O)(=O)NC2=NCCCCC2)cc1. The fraction of sp³-hybridized carbons (Fsp3) is 0.300. The molecular formula is C20H23N3O7S2. The number of amidine groups is 1. The molecule has 0 saturated carbocycles. The van der Waals surface area contributed by atoms with Crippen LogP contribution in [0.3, 0.4) is 0 Å². The molecule has 3 rings (SSSR count). The molecule has 10 nitrogen and oxygen atoms in total. The molecule has 0 aliphatic carbocycles. The summed E-state index contributed by atoms with van der Waals surface area (Å²) in [6, 6.07) is 8.59. The number of aromatic carboxylic acids is 1. The van der Waals surface area contributed by atoms with Gasteiger partial charge in [-0.1, -0.05) is 6.42 Å². The number of carboxylic acids is 1. The number of hydrogen-bond donors (Lipinski definition) is 3. The van der Waals surface area contributed by atoms with Crippen LogP contribution in [0.1, 0.15) is 36.0 Å². The largest absolute Gasteiger partial charge is 0.495 e. The number of anilines is 1. The van der Waals surface area contributed by atoms with Crippen molar-refractivity contribution < 1.29 is 31.5 Å². The van der Waals surface area contributed by atoms with Crippen molar-refractivity contribution in [3.8, 4) is 5.75 Å². The number of rotatable bonds is 7. The molecule has 1 aliphatic rings. The molecular weight excluding hydrogens is 458 g/mol. The fourth-order valence-electron chi connectivity index (χ4n) is 3.10. The van der Waals surface area contributed by atoms with Crippen LogP contribution in [0.4, 0.5) is 5.69 Å². The third-order valence-corrected chi connectivity index (χ3v) is 7.54. The predicted molar refractivity (Wildman–Crippen MR) is 118 cm³/mol. The minimum Gasteiger partial charge on any atom is -0.495 e. The first-order valence-corrected chi connectivity index (χ1v) is 12.7. The summed E-state index contributed by atoms with van der Waals surface area (Å²) >= 11 is 0. The first kappa shape index (κ1) is 23.5. The van der Waals surface area contributed by atoms with Crippen LogP contribution in [-0.2, 0) is 20.0 Å². The van der Waals surface area contributed by atoms with E-state index < -0.39 is 26.0 Å². The lowest BCUT2D eigenvalue weighted by atomic mass is 10.2.